The van der Waals surface area contributed by atoms with Gasteiger partial charge in [0.2, 0.25) is 0 Å². The first-order valence-corrected chi connectivity index (χ1v) is 5.68. The molecule has 0 amide bonds. The summed E-state index contributed by atoms with van der Waals surface area (Å²) in [6.45, 7) is 0. The van der Waals surface area contributed by atoms with Crippen molar-refractivity contribution in [3.63, 3.8) is 0 Å². The quantitative estimate of drug-likeness (QED) is 0.456. The van der Waals surface area contributed by atoms with Crippen molar-refractivity contribution in [2.24, 2.45) is 0 Å². The van der Waals surface area contributed by atoms with Crippen LogP contribution in [0, 0.1) is 0 Å². The molecule has 2 aromatic rings. The zero-order valence-corrected chi connectivity index (χ0v) is 10.7. The van der Waals surface area contributed by atoms with Gasteiger partial charge in [-0.3, -0.25) is 4.55 Å². The Morgan fingerprint density at radius 3 is 2.50 bits per heavy atom. The Morgan fingerprint density at radius 2 is 1.88 bits per heavy atom. The van der Waals surface area contributed by atoms with Crippen LogP contribution in [0.1, 0.15) is 2.85 Å². The number of nitrogens with two attached hydrogens (primary N) is 1. The van der Waals surface area contributed by atoms with Crippen molar-refractivity contribution in [2.45, 2.75) is 4.90 Å². The molecule has 0 spiro atoms. The fourth-order valence-corrected chi connectivity index (χ4v) is 1.96. The number of benzene rings is 2. The van der Waals surface area contributed by atoms with Gasteiger partial charge in [0.1, 0.15) is 0 Å². The molecule has 0 saturated heterocycles. The summed E-state index contributed by atoms with van der Waals surface area (Å²) in [7, 11) is -4.15. The van der Waals surface area contributed by atoms with Crippen molar-refractivity contribution in [1.82, 2.24) is 0 Å². The molecule has 0 aliphatic carbocycles. The molecule has 0 unspecified atom stereocenters. The van der Waals surface area contributed by atoms with Gasteiger partial charge in [0.15, 0.2) is 0 Å². The van der Waals surface area contributed by atoms with Crippen molar-refractivity contribution in [1.29, 1.82) is 0 Å². The van der Waals surface area contributed by atoms with Gasteiger partial charge in [-0.15, -0.1) is 0 Å². The number of anilines is 1. The molecule has 0 aliphatic heterocycles. The molecule has 3 N–H and O–H groups in total. The summed E-state index contributed by atoms with van der Waals surface area (Å²) < 4.78 is 30.6. The van der Waals surface area contributed by atoms with Crippen molar-refractivity contribution < 1.29 is 15.8 Å². The Kier molecular flexibility index (Phi) is 3.79. The van der Waals surface area contributed by atoms with E-state index < -0.39 is 10.1 Å². The first kappa shape index (κ1) is 13.2. The van der Waals surface area contributed by atoms with Gasteiger partial charge < -0.3 is 8.59 Å². The maximum atomic E-state index is 10.9. The largest absolute Gasteiger partial charge is 2.00 e. The number of nitrogen functional groups attached to an aromatic ring is 1. The van der Waals surface area contributed by atoms with Crippen LogP contribution in [0.3, 0.4) is 0 Å². The summed E-state index contributed by atoms with van der Waals surface area (Å²) in [5.74, 6) is 0. The van der Waals surface area contributed by atoms with E-state index in [0.29, 0.717) is 11.1 Å². The number of fused-ring (bicyclic) bond motifs is 1. The van der Waals surface area contributed by atoms with Gasteiger partial charge in [-0.1, -0.05) is 18.2 Å². The van der Waals surface area contributed by atoms with Crippen LogP contribution in [0.15, 0.2) is 41.3 Å². The van der Waals surface area contributed by atoms with Gasteiger partial charge in [0, 0.05) is 11.1 Å². The topological polar surface area (TPSA) is 80.4 Å². The fourth-order valence-electron chi connectivity index (χ4n) is 1.45. The monoisotopic (exact) mass is 249 g/mol. The van der Waals surface area contributed by atoms with Gasteiger partial charge in [-0.2, -0.15) is 8.42 Å². The molecule has 0 fully saturated rings. The molecule has 0 aromatic heterocycles. The predicted octanol–water partition coefficient (Wildman–Crippen LogP) is 1.51. The minimum absolute atomic E-state index is 0. The molecule has 0 saturated carbocycles. The Hall–Kier alpha value is -0.824. The maximum absolute atomic E-state index is 10.9. The second-order valence-electron chi connectivity index (χ2n) is 3.21. The van der Waals surface area contributed by atoms with Gasteiger partial charge >= 0.3 is 23.1 Å². The van der Waals surface area contributed by atoms with Crippen molar-refractivity contribution in [2.75, 3.05) is 5.73 Å². The molecule has 6 heteroatoms. The van der Waals surface area contributed by atoms with Crippen molar-refractivity contribution in [3.8, 4) is 0 Å². The average Bonchev–Trinajstić information content (AvgIpc) is 2.16. The molecular weight excluding hydrogens is 238 g/mol. The molecule has 82 valence electrons. The number of rotatable bonds is 1. The summed E-state index contributed by atoms with van der Waals surface area (Å²) in [5.41, 5.74) is 6.28. The average molecular weight is 250 g/mol. The summed E-state index contributed by atoms with van der Waals surface area (Å²) in [6, 6.07) is 9.49. The molecule has 16 heavy (non-hydrogen) atoms. The van der Waals surface area contributed by atoms with E-state index in [0.717, 1.165) is 5.39 Å². The molecule has 4 nitrogen and oxygen atoms in total. The van der Waals surface area contributed by atoms with E-state index in [9.17, 15) is 8.42 Å². The summed E-state index contributed by atoms with van der Waals surface area (Å²) in [5, 5.41) is 1.45. The standard InChI is InChI=1S/C10H9NO3S.Mg.2H/c11-10-3-1-2-7-6-8(15(12,13)14)4-5-9(7)10;;;/h1-6H,11H2,(H,12,13,14);;;/q;+2;2*-1. The normalized spacial score (nSPS) is 11.1. The first-order chi connectivity index (χ1) is 6.98. The molecule has 0 atom stereocenters. The van der Waals surface area contributed by atoms with Crippen molar-refractivity contribution in [3.05, 3.63) is 36.4 Å². The van der Waals surface area contributed by atoms with E-state index in [1.807, 2.05) is 0 Å². The van der Waals surface area contributed by atoms with E-state index in [2.05, 4.69) is 0 Å². The van der Waals surface area contributed by atoms with Gasteiger partial charge in [0.25, 0.3) is 10.1 Å². The molecular formula is C10H11MgNO3S. The Bertz CT molecular complexity index is 634. The van der Waals surface area contributed by atoms with Crippen LogP contribution >= 0.6 is 0 Å². The summed E-state index contributed by atoms with van der Waals surface area (Å²) >= 11 is 0. The van der Waals surface area contributed by atoms with Crippen LogP contribution in [-0.2, 0) is 10.1 Å². The van der Waals surface area contributed by atoms with Crippen LogP contribution in [-0.4, -0.2) is 36.0 Å². The van der Waals surface area contributed by atoms with E-state index in [-0.39, 0.29) is 30.8 Å². The van der Waals surface area contributed by atoms with Gasteiger partial charge in [-0.05, 0) is 23.6 Å². The van der Waals surface area contributed by atoms with Crippen LogP contribution in [0.4, 0.5) is 5.69 Å². The molecule has 2 rings (SSSR count). The smallest absolute Gasteiger partial charge is 1.00 e. The molecule has 0 bridgehead atoms. The SMILES string of the molecule is Nc1cccc2cc(S(=O)(=O)O)ccc12.[H-].[H-].[Mg+2]. The molecule has 0 heterocycles. The van der Waals surface area contributed by atoms with E-state index >= 15 is 0 Å². The van der Waals surface area contributed by atoms with Crippen LogP contribution in [0.5, 0.6) is 0 Å². The zero-order valence-electron chi connectivity index (χ0n) is 10.4. The second kappa shape index (κ2) is 4.58. The minimum atomic E-state index is -4.15. The Morgan fingerprint density at radius 1 is 1.19 bits per heavy atom. The van der Waals surface area contributed by atoms with E-state index in [4.69, 9.17) is 10.3 Å². The van der Waals surface area contributed by atoms with E-state index in [1.165, 1.54) is 12.1 Å². The third-order valence-electron chi connectivity index (χ3n) is 2.18. The minimum Gasteiger partial charge on any atom is -1.00 e. The van der Waals surface area contributed by atoms with Crippen LogP contribution < -0.4 is 5.73 Å². The summed E-state index contributed by atoms with van der Waals surface area (Å²) in [4.78, 5) is -0.124. The Balaban J connectivity index is 0. The van der Waals surface area contributed by atoms with E-state index in [1.54, 1.807) is 24.3 Å². The van der Waals surface area contributed by atoms with Crippen molar-refractivity contribution >= 4 is 49.6 Å². The number of hydrogen-bond donors (Lipinski definition) is 2. The Labute approximate surface area is 112 Å². The fraction of sp³-hybridized carbons (Fsp3) is 0. The second-order valence-corrected chi connectivity index (χ2v) is 4.63. The maximum Gasteiger partial charge on any atom is 2.00 e. The van der Waals surface area contributed by atoms with Crippen LogP contribution in [0.2, 0.25) is 0 Å². The van der Waals surface area contributed by atoms with Gasteiger partial charge in [0.05, 0.1) is 4.90 Å². The molecule has 0 radical (unpaired) electrons. The number of hydrogen-bond acceptors (Lipinski definition) is 3. The third-order valence-corrected chi connectivity index (χ3v) is 3.03. The summed E-state index contributed by atoms with van der Waals surface area (Å²) in [6.07, 6.45) is 0. The zero-order chi connectivity index (χ0) is 11.1. The predicted molar refractivity (Wildman–Crippen MR) is 66.2 cm³/mol. The molecule has 2 aromatic carbocycles. The van der Waals surface area contributed by atoms with Gasteiger partial charge in [-0.25, -0.2) is 0 Å². The van der Waals surface area contributed by atoms with Crippen LogP contribution in [0.25, 0.3) is 10.8 Å². The third kappa shape index (κ3) is 2.46. The molecule has 0 aliphatic rings. The first-order valence-electron chi connectivity index (χ1n) is 4.24.